The van der Waals surface area contributed by atoms with Gasteiger partial charge in [-0.2, -0.15) is 0 Å². The highest BCUT2D eigenvalue weighted by Crippen LogP contribution is 2.17. The van der Waals surface area contributed by atoms with E-state index in [1.807, 2.05) is 30.3 Å². The Morgan fingerprint density at radius 2 is 1.65 bits per heavy atom. The minimum Gasteiger partial charge on any atom is -0.341 e. The normalized spacial score (nSPS) is 11.6. The van der Waals surface area contributed by atoms with Crippen LogP contribution in [-0.2, 0) is 11.2 Å². The quantitative estimate of drug-likeness (QED) is 0.859. The van der Waals surface area contributed by atoms with Gasteiger partial charge < -0.3 is 10.6 Å². The number of anilines is 1. The predicted octanol–water partition coefficient (Wildman–Crippen LogP) is 3.40. The zero-order valence-electron chi connectivity index (χ0n) is 13.5. The van der Waals surface area contributed by atoms with Crippen LogP contribution in [0.5, 0.6) is 0 Å². The molecule has 1 atom stereocenters. The molecule has 2 N–H and O–H groups in total. The number of aryl methyl sites for hydroxylation is 1. The number of carbonyl (C=O) groups is 2. The van der Waals surface area contributed by atoms with Gasteiger partial charge in [0, 0.05) is 11.3 Å². The maximum atomic E-state index is 12.3. The zero-order valence-corrected chi connectivity index (χ0v) is 13.5. The molecule has 4 nitrogen and oxygen atoms in total. The van der Waals surface area contributed by atoms with E-state index in [1.165, 1.54) is 0 Å². The van der Waals surface area contributed by atoms with Crippen LogP contribution >= 0.6 is 0 Å². The van der Waals surface area contributed by atoms with Gasteiger partial charge in [0.2, 0.25) is 5.91 Å². The average molecular weight is 310 g/mol. The fraction of sp³-hybridized carbons (Fsp3) is 0.263. The molecule has 120 valence electrons. The third-order valence-electron chi connectivity index (χ3n) is 3.57. The molecular formula is C19H22N2O2. The van der Waals surface area contributed by atoms with Crippen molar-refractivity contribution in [2.24, 2.45) is 0 Å². The molecule has 2 aromatic rings. The SMILES string of the molecule is CCCc1ccccc1NC(=O)C(C)NC(=O)c1ccccc1. The van der Waals surface area contributed by atoms with Crippen LogP contribution in [0.25, 0.3) is 0 Å². The first-order valence-corrected chi connectivity index (χ1v) is 7.86. The fourth-order valence-corrected chi connectivity index (χ4v) is 2.31. The number of rotatable bonds is 6. The van der Waals surface area contributed by atoms with Crippen LogP contribution in [0, 0.1) is 0 Å². The second-order valence-corrected chi connectivity index (χ2v) is 5.46. The Morgan fingerprint density at radius 3 is 2.35 bits per heavy atom. The molecule has 0 aliphatic carbocycles. The van der Waals surface area contributed by atoms with Crippen LogP contribution < -0.4 is 10.6 Å². The van der Waals surface area contributed by atoms with Crippen LogP contribution in [0.15, 0.2) is 54.6 Å². The largest absolute Gasteiger partial charge is 0.341 e. The Balaban J connectivity index is 1.99. The lowest BCUT2D eigenvalue weighted by atomic mass is 10.1. The summed E-state index contributed by atoms with van der Waals surface area (Å²) in [5.41, 5.74) is 2.45. The summed E-state index contributed by atoms with van der Waals surface area (Å²) in [6.45, 7) is 3.78. The highest BCUT2D eigenvalue weighted by molar-refractivity contribution is 6.01. The van der Waals surface area contributed by atoms with E-state index in [-0.39, 0.29) is 11.8 Å². The third kappa shape index (κ3) is 4.68. The molecule has 0 radical (unpaired) electrons. The monoisotopic (exact) mass is 310 g/mol. The highest BCUT2D eigenvalue weighted by Gasteiger charge is 2.17. The van der Waals surface area contributed by atoms with Gasteiger partial charge in [-0.15, -0.1) is 0 Å². The Bertz CT molecular complexity index is 668. The van der Waals surface area contributed by atoms with E-state index in [9.17, 15) is 9.59 Å². The van der Waals surface area contributed by atoms with Crippen molar-refractivity contribution in [3.63, 3.8) is 0 Å². The van der Waals surface area contributed by atoms with E-state index < -0.39 is 6.04 Å². The van der Waals surface area contributed by atoms with Crippen LogP contribution in [0.3, 0.4) is 0 Å². The van der Waals surface area contributed by atoms with Crippen LogP contribution in [0.4, 0.5) is 5.69 Å². The molecule has 0 fully saturated rings. The molecule has 23 heavy (non-hydrogen) atoms. The van der Waals surface area contributed by atoms with Crippen LogP contribution in [-0.4, -0.2) is 17.9 Å². The first-order chi connectivity index (χ1) is 11.1. The van der Waals surface area contributed by atoms with Gasteiger partial charge >= 0.3 is 0 Å². The average Bonchev–Trinajstić information content (AvgIpc) is 2.57. The van der Waals surface area contributed by atoms with E-state index in [1.54, 1.807) is 31.2 Å². The van der Waals surface area contributed by atoms with E-state index >= 15 is 0 Å². The summed E-state index contributed by atoms with van der Waals surface area (Å²) < 4.78 is 0. The molecular weight excluding hydrogens is 288 g/mol. The number of nitrogens with one attached hydrogen (secondary N) is 2. The molecule has 0 saturated carbocycles. The molecule has 0 spiro atoms. The maximum absolute atomic E-state index is 12.3. The minimum absolute atomic E-state index is 0.224. The molecule has 0 aromatic heterocycles. The molecule has 0 saturated heterocycles. The van der Waals surface area contributed by atoms with Gasteiger partial charge in [0.25, 0.3) is 5.91 Å². The first-order valence-electron chi connectivity index (χ1n) is 7.86. The lowest BCUT2D eigenvalue weighted by Gasteiger charge is -2.16. The van der Waals surface area contributed by atoms with Crippen molar-refractivity contribution < 1.29 is 9.59 Å². The molecule has 2 rings (SSSR count). The van der Waals surface area contributed by atoms with Gasteiger partial charge in [-0.05, 0) is 37.1 Å². The number of hydrogen-bond donors (Lipinski definition) is 2. The number of para-hydroxylation sites is 1. The summed E-state index contributed by atoms with van der Waals surface area (Å²) in [7, 11) is 0. The topological polar surface area (TPSA) is 58.2 Å². The Kier molecular flexibility index (Phi) is 5.92. The van der Waals surface area contributed by atoms with Crippen molar-refractivity contribution in [2.75, 3.05) is 5.32 Å². The summed E-state index contributed by atoms with van der Waals surface area (Å²) >= 11 is 0. The second-order valence-electron chi connectivity index (χ2n) is 5.46. The molecule has 0 heterocycles. The second kappa shape index (κ2) is 8.13. The number of benzene rings is 2. The summed E-state index contributed by atoms with van der Waals surface area (Å²) in [5.74, 6) is -0.479. The number of hydrogen-bond acceptors (Lipinski definition) is 2. The van der Waals surface area contributed by atoms with E-state index in [0.717, 1.165) is 24.1 Å². The lowest BCUT2D eigenvalue weighted by Crippen LogP contribution is -2.41. The number of amides is 2. The third-order valence-corrected chi connectivity index (χ3v) is 3.57. The standard InChI is InChI=1S/C19H22N2O2/c1-3-9-15-10-7-8-13-17(15)21-18(22)14(2)20-19(23)16-11-5-4-6-12-16/h4-8,10-14H,3,9H2,1-2H3,(H,20,23)(H,21,22). The summed E-state index contributed by atoms with van der Waals surface area (Å²) in [4.78, 5) is 24.4. The molecule has 1 unspecified atom stereocenters. The molecule has 0 bridgehead atoms. The molecule has 4 heteroatoms. The highest BCUT2D eigenvalue weighted by atomic mass is 16.2. The Morgan fingerprint density at radius 1 is 1.00 bits per heavy atom. The van der Waals surface area contributed by atoms with Crippen LogP contribution in [0.1, 0.15) is 36.2 Å². The lowest BCUT2D eigenvalue weighted by molar-refractivity contribution is -0.117. The summed E-state index contributed by atoms with van der Waals surface area (Å²) in [6.07, 6.45) is 1.91. The minimum atomic E-state index is -0.614. The first kappa shape index (κ1) is 16.7. The van der Waals surface area contributed by atoms with E-state index in [2.05, 4.69) is 17.6 Å². The van der Waals surface area contributed by atoms with E-state index in [0.29, 0.717) is 5.56 Å². The van der Waals surface area contributed by atoms with Crippen molar-refractivity contribution in [3.05, 3.63) is 65.7 Å². The van der Waals surface area contributed by atoms with Crippen molar-refractivity contribution in [3.8, 4) is 0 Å². The summed E-state index contributed by atoms with van der Waals surface area (Å²) in [6, 6.07) is 16.0. The Hall–Kier alpha value is -2.62. The number of carbonyl (C=O) groups excluding carboxylic acids is 2. The van der Waals surface area contributed by atoms with Gasteiger partial charge in [0.1, 0.15) is 6.04 Å². The van der Waals surface area contributed by atoms with Gasteiger partial charge in [-0.3, -0.25) is 9.59 Å². The van der Waals surface area contributed by atoms with E-state index in [4.69, 9.17) is 0 Å². The van der Waals surface area contributed by atoms with Gasteiger partial charge in [-0.25, -0.2) is 0 Å². The smallest absolute Gasteiger partial charge is 0.251 e. The van der Waals surface area contributed by atoms with Gasteiger partial charge in [-0.1, -0.05) is 49.7 Å². The molecule has 2 amide bonds. The predicted molar refractivity (Wildman–Crippen MR) is 92.4 cm³/mol. The molecule has 0 aliphatic heterocycles. The maximum Gasteiger partial charge on any atom is 0.251 e. The van der Waals surface area contributed by atoms with Crippen molar-refractivity contribution in [1.29, 1.82) is 0 Å². The van der Waals surface area contributed by atoms with Crippen molar-refractivity contribution in [2.45, 2.75) is 32.7 Å². The van der Waals surface area contributed by atoms with Gasteiger partial charge in [0.05, 0.1) is 0 Å². The van der Waals surface area contributed by atoms with Crippen molar-refractivity contribution >= 4 is 17.5 Å². The van der Waals surface area contributed by atoms with Crippen LogP contribution in [0.2, 0.25) is 0 Å². The van der Waals surface area contributed by atoms with Crippen molar-refractivity contribution in [1.82, 2.24) is 5.32 Å². The molecule has 2 aromatic carbocycles. The zero-order chi connectivity index (χ0) is 16.7. The Labute approximate surface area is 136 Å². The molecule has 0 aliphatic rings. The fourth-order valence-electron chi connectivity index (χ4n) is 2.31. The summed E-state index contributed by atoms with van der Waals surface area (Å²) in [5, 5.41) is 5.61. The van der Waals surface area contributed by atoms with Gasteiger partial charge in [0.15, 0.2) is 0 Å².